The molecule has 0 aliphatic rings. The zero-order valence-electron chi connectivity index (χ0n) is 12.2. The molecule has 0 spiro atoms. The standard InChI is InChI=1S/C15H21BrN4/c1-4-12-15(16)14(20(5-2)19-12)10-13(17-3)11-6-8-18-9-7-11/h6-9,13,17H,4-5,10H2,1-3H3. The van der Waals surface area contributed by atoms with Crippen LogP contribution >= 0.6 is 15.9 Å². The van der Waals surface area contributed by atoms with E-state index in [1.165, 1.54) is 11.3 Å². The summed E-state index contributed by atoms with van der Waals surface area (Å²) in [4.78, 5) is 4.08. The summed E-state index contributed by atoms with van der Waals surface area (Å²) in [6, 6.07) is 4.38. The Labute approximate surface area is 128 Å². The van der Waals surface area contributed by atoms with Crippen LogP contribution in [-0.2, 0) is 19.4 Å². The van der Waals surface area contributed by atoms with Crippen LogP contribution in [0.2, 0.25) is 0 Å². The van der Waals surface area contributed by atoms with Crippen molar-refractivity contribution in [2.24, 2.45) is 0 Å². The molecule has 0 saturated heterocycles. The average molecular weight is 337 g/mol. The fourth-order valence-electron chi connectivity index (χ4n) is 2.39. The molecule has 20 heavy (non-hydrogen) atoms. The van der Waals surface area contributed by atoms with Gasteiger partial charge in [0.15, 0.2) is 0 Å². The van der Waals surface area contributed by atoms with Crippen LogP contribution in [0.1, 0.15) is 36.8 Å². The smallest absolute Gasteiger partial charge is 0.0766 e. The van der Waals surface area contributed by atoms with E-state index in [1.807, 2.05) is 19.4 Å². The first-order chi connectivity index (χ1) is 9.71. The Morgan fingerprint density at radius 3 is 2.55 bits per heavy atom. The molecule has 2 aromatic heterocycles. The van der Waals surface area contributed by atoms with Gasteiger partial charge < -0.3 is 5.32 Å². The molecule has 0 aliphatic carbocycles. The van der Waals surface area contributed by atoms with Gasteiger partial charge in [-0.05, 0) is 54.0 Å². The molecule has 5 heteroatoms. The number of nitrogens with one attached hydrogen (secondary N) is 1. The molecule has 0 amide bonds. The number of hydrogen-bond donors (Lipinski definition) is 1. The van der Waals surface area contributed by atoms with Crippen molar-refractivity contribution >= 4 is 15.9 Å². The third-order valence-corrected chi connectivity index (χ3v) is 4.46. The van der Waals surface area contributed by atoms with Gasteiger partial charge in [-0.1, -0.05) is 6.92 Å². The highest BCUT2D eigenvalue weighted by Crippen LogP contribution is 2.27. The minimum absolute atomic E-state index is 0.265. The summed E-state index contributed by atoms with van der Waals surface area (Å²) in [5.74, 6) is 0. The fraction of sp³-hybridized carbons (Fsp3) is 0.467. The monoisotopic (exact) mass is 336 g/mol. The van der Waals surface area contributed by atoms with Gasteiger partial charge in [-0.25, -0.2) is 0 Å². The molecule has 0 bridgehead atoms. The SMILES string of the molecule is CCc1nn(CC)c(CC(NC)c2ccncc2)c1Br. The molecule has 0 saturated carbocycles. The topological polar surface area (TPSA) is 42.7 Å². The van der Waals surface area contributed by atoms with Crippen LogP contribution < -0.4 is 5.32 Å². The van der Waals surface area contributed by atoms with Crippen molar-refractivity contribution in [2.45, 2.75) is 39.3 Å². The maximum Gasteiger partial charge on any atom is 0.0766 e. The van der Waals surface area contributed by atoms with Crippen LogP contribution in [0.3, 0.4) is 0 Å². The Bertz CT molecular complexity index is 551. The third kappa shape index (κ3) is 3.10. The van der Waals surface area contributed by atoms with Crippen molar-refractivity contribution in [3.8, 4) is 0 Å². The quantitative estimate of drug-likeness (QED) is 0.881. The third-order valence-electron chi connectivity index (χ3n) is 3.55. The molecule has 0 aromatic carbocycles. The second-order valence-electron chi connectivity index (χ2n) is 4.70. The van der Waals surface area contributed by atoms with Gasteiger partial charge in [0.2, 0.25) is 0 Å². The highest BCUT2D eigenvalue weighted by atomic mass is 79.9. The van der Waals surface area contributed by atoms with E-state index in [0.717, 1.165) is 29.6 Å². The molecule has 2 rings (SSSR count). The second-order valence-corrected chi connectivity index (χ2v) is 5.50. The number of aromatic nitrogens is 3. The lowest BCUT2D eigenvalue weighted by molar-refractivity contribution is 0.539. The molecule has 1 N–H and O–H groups in total. The van der Waals surface area contributed by atoms with Crippen LogP contribution in [0.4, 0.5) is 0 Å². The van der Waals surface area contributed by atoms with E-state index >= 15 is 0 Å². The van der Waals surface area contributed by atoms with Crippen molar-refractivity contribution in [1.82, 2.24) is 20.1 Å². The van der Waals surface area contributed by atoms with E-state index in [1.54, 1.807) is 0 Å². The van der Waals surface area contributed by atoms with Gasteiger partial charge in [-0.15, -0.1) is 0 Å². The average Bonchev–Trinajstić information content (AvgIpc) is 2.81. The van der Waals surface area contributed by atoms with E-state index in [-0.39, 0.29) is 6.04 Å². The molecule has 4 nitrogen and oxygen atoms in total. The van der Waals surface area contributed by atoms with Gasteiger partial charge in [0.05, 0.1) is 15.9 Å². The summed E-state index contributed by atoms with van der Waals surface area (Å²) in [5, 5.41) is 8.04. The van der Waals surface area contributed by atoms with Crippen LogP contribution in [-0.4, -0.2) is 21.8 Å². The van der Waals surface area contributed by atoms with Crippen LogP contribution in [0.25, 0.3) is 0 Å². The Morgan fingerprint density at radius 1 is 1.30 bits per heavy atom. The normalized spacial score (nSPS) is 12.6. The number of aryl methyl sites for hydroxylation is 2. The van der Waals surface area contributed by atoms with Crippen LogP contribution in [0.5, 0.6) is 0 Å². The zero-order valence-corrected chi connectivity index (χ0v) is 13.8. The first-order valence-electron chi connectivity index (χ1n) is 7.02. The number of rotatable bonds is 6. The summed E-state index contributed by atoms with van der Waals surface area (Å²) in [6.07, 6.45) is 5.52. The molecule has 108 valence electrons. The van der Waals surface area contributed by atoms with Gasteiger partial charge >= 0.3 is 0 Å². The van der Waals surface area contributed by atoms with Gasteiger partial charge in [-0.2, -0.15) is 5.10 Å². The number of nitrogens with zero attached hydrogens (tertiary/aromatic N) is 3. The second kappa shape index (κ2) is 6.99. The van der Waals surface area contributed by atoms with E-state index in [9.17, 15) is 0 Å². The van der Waals surface area contributed by atoms with Crippen molar-refractivity contribution in [1.29, 1.82) is 0 Å². The molecule has 2 aromatic rings. The Morgan fingerprint density at radius 2 is 2.00 bits per heavy atom. The van der Waals surface area contributed by atoms with E-state index < -0.39 is 0 Å². The summed E-state index contributed by atoms with van der Waals surface area (Å²) >= 11 is 3.71. The van der Waals surface area contributed by atoms with Crippen molar-refractivity contribution in [3.05, 3.63) is 46.0 Å². The maximum absolute atomic E-state index is 4.66. The van der Waals surface area contributed by atoms with Crippen LogP contribution in [0, 0.1) is 0 Å². The van der Waals surface area contributed by atoms with E-state index in [0.29, 0.717) is 0 Å². The minimum Gasteiger partial charge on any atom is -0.313 e. The molecule has 0 aliphatic heterocycles. The highest BCUT2D eigenvalue weighted by Gasteiger charge is 2.18. The van der Waals surface area contributed by atoms with Gasteiger partial charge in [0.25, 0.3) is 0 Å². The molecule has 1 atom stereocenters. The van der Waals surface area contributed by atoms with Gasteiger partial charge in [-0.3, -0.25) is 9.67 Å². The lowest BCUT2D eigenvalue weighted by Crippen LogP contribution is -2.20. The maximum atomic E-state index is 4.66. The summed E-state index contributed by atoms with van der Waals surface area (Å²) < 4.78 is 3.24. The van der Waals surface area contributed by atoms with Crippen LogP contribution in [0.15, 0.2) is 29.0 Å². The Kier molecular flexibility index (Phi) is 5.31. The predicted octanol–water partition coefficient (Wildman–Crippen LogP) is 3.13. The molecular weight excluding hydrogens is 316 g/mol. The largest absolute Gasteiger partial charge is 0.313 e. The minimum atomic E-state index is 0.265. The summed E-state index contributed by atoms with van der Waals surface area (Å²) in [6.45, 7) is 5.15. The molecule has 1 unspecified atom stereocenters. The molecule has 0 radical (unpaired) electrons. The lowest BCUT2D eigenvalue weighted by Gasteiger charge is -2.17. The van der Waals surface area contributed by atoms with Gasteiger partial charge in [0, 0.05) is 31.4 Å². The Hall–Kier alpha value is -1.20. The number of likely N-dealkylation sites (N-methyl/N-ethyl adjacent to an activating group) is 1. The van der Waals surface area contributed by atoms with E-state index in [4.69, 9.17) is 0 Å². The summed E-state index contributed by atoms with van der Waals surface area (Å²) in [5.41, 5.74) is 3.63. The lowest BCUT2D eigenvalue weighted by atomic mass is 10.0. The van der Waals surface area contributed by atoms with Crippen molar-refractivity contribution < 1.29 is 0 Å². The Balaban J connectivity index is 2.30. The number of pyridine rings is 1. The molecule has 2 heterocycles. The first kappa shape index (κ1) is 15.2. The predicted molar refractivity (Wildman–Crippen MR) is 84.7 cm³/mol. The van der Waals surface area contributed by atoms with Crippen molar-refractivity contribution in [2.75, 3.05) is 7.05 Å². The van der Waals surface area contributed by atoms with E-state index in [2.05, 4.69) is 62.0 Å². The molecular formula is C15H21BrN4. The number of hydrogen-bond acceptors (Lipinski definition) is 3. The zero-order chi connectivity index (χ0) is 14.5. The summed E-state index contributed by atoms with van der Waals surface area (Å²) in [7, 11) is 1.99. The highest BCUT2D eigenvalue weighted by molar-refractivity contribution is 9.10. The fourth-order valence-corrected chi connectivity index (χ4v) is 3.11. The molecule has 0 fully saturated rings. The van der Waals surface area contributed by atoms with Gasteiger partial charge in [0.1, 0.15) is 0 Å². The van der Waals surface area contributed by atoms with Crippen molar-refractivity contribution in [3.63, 3.8) is 0 Å². The number of halogens is 1. The first-order valence-corrected chi connectivity index (χ1v) is 7.81.